The molecule has 8 nitrogen and oxygen atoms in total. The first-order valence-electron chi connectivity index (χ1n) is 8.33. The second kappa shape index (κ2) is 7.43. The van der Waals surface area contributed by atoms with Crippen molar-refractivity contribution in [2.24, 2.45) is 0 Å². The van der Waals surface area contributed by atoms with Crippen molar-refractivity contribution in [2.45, 2.75) is 18.9 Å². The normalized spacial score (nSPS) is 20.8. The maximum atomic E-state index is 12.5. The van der Waals surface area contributed by atoms with E-state index in [1.807, 2.05) is 12.1 Å². The average Bonchev–Trinajstić information content (AvgIpc) is 2.64. The van der Waals surface area contributed by atoms with Gasteiger partial charge in [-0.15, -0.1) is 0 Å². The molecule has 1 unspecified atom stereocenters. The van der Waals surface area contributed by atoms with Crippen LogP contribution >= 0.6 is 0 Å². The highest BCUT2D eigenvalue weighted by Gasteiger charge is 2.28. The molecule has 1 atom stereocenters. The van der Waals surface area contributed by atoms with E-state index in [1.54, 1.807) is 6.07 Å². The summed E-state index contributed by atoms with van der Waals surface area (Å²) in [5.41, 5.74) is 1.82. The van der Waals surface area contributed by atoms with Gasteiger partial charge in [0.15, 0.2) is 0 Å². The lowest BCUT2D eigenvalue weighted by Gasteiger charge is -2.30. The van der Waals surface area contributed by atoms with Gasteiger partial charge in [-0.05, 0) is 24.6 Å². The number of hydrogen-bond acceptors (Lipinski definition) is 6. The second-order valence-corrected chi connectivity index (χ2v) is 6.13. The molecule has 132 valence electrons. The van der Waals surface area contributed by atoms with Gasteiger partial charge >= 0.3 is 0 Å². The number of benzene rings is 1. The van der Waals surface area contributed by atoms with Gasteiger partial charge in [0.25, 0.3) is 5.91 Å². The molecule has 2 saturated heterocycles. The number of rotatable bonds is 4. The molecule has 8 heteroatoms. The van der Waals surface area contributed by atoms with Crippen molar-refractivity contribution in [2.75, 3.05) is 31.1 Å². The van der Waals surface area contributed by atoms with Crippen molar-refractivity contribution in [1.82, 2.24) is 16.0 Å². The number of carbonyl (C=O) groups excluding carboxylic acids is 3. The van der Waals surface area contributed by atoms with Gasteiger partial charge in [0.1, 0.15) is 6.04 Å². The summed E-state index contributed by atoms with van der Waals surface area (Å²) in [6.45, 7) is 3.55. The molecule has 0 radical (unpaired) electrons. The van der Waals surface area contributed by atoms with Gasteiger partial charge in [-0.3, -0.25) is 19.7 Å². The van der Waals surface area contributed by atoms with Gasteiger partial charge in [0, 0.05) is 55.6 Å². The summed E-state index contributed by atoms with van der Waals surface area (Å²) in [5.74, 6) is -1.23. The number of nitrogens with zero attached hydrogens (tertiary/aromatic N) is 1. The van der Waals surface area contributed by atoms with E-state index in [1.165, 1.54) is 0 Å². The maximum Gasteiger partial charge on any atom is 0.252 e. The molecule has 1 aromatic rings. The van der Waals surface area contributed by atoms with Crippen LogP contribution in [0.3, 0.4) is 0 Å². The van der Waals surface area contributed by atoms with Crippen molar-refractivity contribution >= 4 is 29.6 Å². The predicted octanol–water partition coefficient (Wildman–Crippen LogP) is -0.371. The lowest BCUT2D eigenvalue weighted by molar-refractivity contribution is -0.134. The summed E-state index contributed by atoms with van der Waals surface area (Å²) in [6, 6.07) is 4.63. The van der Waals surface area contributed by atoms with Crippen LogP contribution in [0.15, 0.2) is 18.2 Å². The molecule has 4 N–H and O–H groups in total. The standard InChI is InChI=1S/C17H21N5O3/c18-10-11-9-12(22-7-5-19-6-8-22)1-2-13(11)16(24)20-14-3-4-15(23)21-17(14)25/h1-2,9-10,14,18-19H,3-8H2,(H,20,24)(H,21,23,25). The number of anilines is 1. The molecule has 2 fully saturated rings. The topological polar surface area (TPSA) is 114 Å². The Morgan fingerprint density at radius 2 is 2.04 bits per heavy atom. The Labute approximate surface area is 145 Å². The highest BCUT2D eigenvalue weighted by Crippen LogP contribution is 2.20. The molecule has 2 heterocycles. The molecule has 3 amide bonds. The van der Waals surface area contributed by atoms with Crippen LogP contribution < -0.4 is 20.9 Å². The summed E-state index contributed by atoms with van der Waals surface area (Å²) in [5, 5.41) is 15.8. The fourth-order valence-electron chi connectivity index (χ4n) is 3.06. The van der Waals surface area contributed by atoms with Gasteiger partial charge in [-0.2, -0.15) is 0 Å². The van der Waals surface area contributed by atoms with Gasteiger partial charge in [0.2, 0.25) is 11.8 Å². The Morgan fingerprint density at radius 3 is 2.72 bits per heavy atom. The number of piperidine rings is 1. The quantitative estimate of drug-likeness (QED) is 0.440. The molecule has 0 bridgehead atoms. The molecule has 2 aliphatic heterocycles. The Kier molecular flexibility index (Phi) is 5.08. The number of amides is 3. The van der Waals surface area contributed by atoms with Crippen molar-refractivity contribution in [3.8, 4) is 0 Å². The van der Waals surface area contributed by atoms with Crippen LogP contribution in [0.1, 0.15) is 28.8 Å². The van der Waals surface area contributed by atoms with Crippen molar-refractivity contribution in [1.29, 1.82) is 5.41 Å². The van der Waals surface area contributed by atoms with E-state index < -0.39 is 17.9 Å². The van der Waals surface area contributed by atoms with E-state index in [0.29, 0.717) is 11.1 Å². The molecular weight excluding hydrogens is 322 g/mol. The fraction of sp³-hybridized carbons (Fsp3) is 0.412. The van der Waals surface area contributed by atoms with Gasteiger partial charge in [-0.1, -0.05) is 0 Å². The van der Waals surface area contributed by atoms with Crippen LogP contribution in [-0.2, 0) is 9.59 Å². The third kappa shape index (κ3) is 3.85. The minimum Gasteiger partial charge on any atom is -0.369 e. The second-order valence-electron chi connectivity index (χ2n) is 6.13. The minimum absolute atomic E-state index is 0.204. The zero-order valence-corrected chi connectivity index (χ0v) is 13.8. The first kappa shape index (κ1) is 17.1. The van der Waals surface area contributed by atoms with E-state index in [0.717, 1.165) is 38.1 Å². The lowest BCUT2D eigenvalue weighted by atomic mass is 10.0. The molecule has 2 aliphatic rings. The Bertz CT molecular complexity index is 712. The van der Waals surface area contributed by atoms with Crippen molar-refractivity contribution < 1.29 is 14.4 Å². The van der Waals surface area contributed by atoms with E-state index in [4.69, 9.17) is 5.41 Å². The highest BCUT2D eigenvalue weighted by atomic mass is 16.2. The van der Waals surface area contributed by atoms with E-state index >= 15 is 0 Å². The van der Waals surface area contributed by atoms with Gasteiger partial charge < -0.3 is 20.9 Å². The zero-order chi connectivity index (χ0) is 17.8. The van der Waals surface area contributed by atoms with Crippen LogP contribution in [0.2, 0.25) is 0 Å². The molecule has 0 aliphatic carbocycles. The summed E-state index contributed by atoms with van der Waals surface area (Å²) < 4.78 is 0. The molecule has 25 heavy (non-hydrogen) atoms. The van der Waals surface area contributed by atoms with E-state index in [9.17, 15) is 14.4 Å². The Balaban J connectivity index is 1.74. The smallest absolute Gasteiger partial charge is 0.252 e. The number of imide groups is 1. The zero-order valence-electron chi connectivity index (χ0n) is 13.8. The first-order valence-corrected chi connectivity index (χ1v) is 8.33. The molecule has 0 aromatic heterocycles. The van der Waals surface area contributed by atoms with Crippen LogP contribution in [0.25, 0.3) is 0 Å². The fourth-order valence-corrected chi connectivity index (χ4v) is 3.06. The average molecular weight is 343 g/mol. The van der Waals surface area contributed by atoms with Crippen LogP contribution in [0.4, 0.5) is 5.69 Å². The van der Waals surface area contributed by atoms with Gasteiger partial charge in [-0.25, -0.2) is 0 Å². The highest BCUT2D eigenvalue weighted by molar-refractivity contribution is 6.06. The number of piperazine rings is 1. The molecule has 3 rings (SSSR count). The molecule has 0 saturated carbocycles. The third-order valence-corrected chi connectivity index (χ3v) is 4.46. The molecule has 1 aromatic carbocycles. The molecular formula is C17H21N5O3. The third-order valence-electron chi connectivity index (χ3n) is 4.46. The van der Waals surface area contributed by atoms with Crippen molar-refractivity contribution in [3.63, 3.8) is 0 Å². The first-order chi connectivity index (χ1) is 12.1. The molecule has 0 spiro atoms. The number of nitrogens with one attached hydrogen (secondary N) is 4. The van der Waals surface area contributed by atoms with E-state index in [-0.39, 0.29) is 18.7 Å². The Morgan fingerprint density at radius 1 is 1.28 bits per heavy atom. The summed E-state index contributed by atoms with van der Waals surface area (Å²) in [7, 11) is 0. The van der Waals surface area contributed by atoms with Gasteiger partial charge in [0.05, 0.1) is 0 Å². The maximum absolute atomic E-state index is 12.5. The largest absolute Gasteiger partial charge is 0.369 e. The Hall–Kier alpha value is -2.74. The van der Waals surface area contributed by atoms with Crippen LogP contribution in [0.5, 0.6) is 0 Å². The summed E-state index contributed by atoms with van der Waals surface area (Å²) in [6.07, 6.45) is 1.64. The summed E-state index contributed by atoms with van der Waals surface area (Å²) >= 11 is 0. The number of carbonyl (C=O) groups is 3. The van der Waals surface area contributed by atoms with Crippen molar-refractivity contribution in [3.05, 3.63) is 29.3 Å². The SMILES string of the molecule is N=Cc1cc(N2CCNCC2)ccc1C(=O)NC1CCC(=O)NC1=O. The minimum atomic E-state index is -0.725. The predicted molar refractivity (Wildman–Crippen MR) is 93.0 cm³/mol. The van der Waals surface area contributed by atoms with Crippen LogP contribution in [0, 0.1) is 5.41 Å². The lowest BCUT2D eigenvalue weighted by Crippen LogP contribution is -2.52. The van der Waals surface area contributed by atoms with Crippen LogP contribution in [-0.4, -0.2) is 56.2 Å². The monoisotopic (exact) mass is 343 g/mol. The van der Waals surface area contributed by atoms with E-state index in [2.05, 4.69) is 20.9 Å². The number of hydrogen-bond donors (Lipinski definition) is 4. The summed E-state index contributed by atoms with van der Waals surface area (Å²) in [4.78, 5) is 37.7.